The highest BCUT2D eigenvalue weighted by Gasteiger charge is 2.22. The summed E-state index contributed by atoms with van der Waals surface area (Å²) in [5.74, 6) is -0.898. The Hall–Kier alpha value is -3.14. The minimum Gasteiger partial charge on any atom is -0.449 e. The maximum absolute atomic E-state index is 13.5. The van der Waals surface area contributed by atoms with Crippen molar-refractivity contribution in [1.82, 2.24) is 0 Å². The van der Waals surface area contributed by atoms with Gasteiger partial charge in [0, 0.05) is 7.05 Å². The first-order chi connectivity index (χ1) is 10.1. The average molecular weight is 287 g/mol. The van der Waals surface area contributed by atoms with E-state index in [1.807, 2.05) is 0 Å². The second-order valence-corrected chi connectivity index (χ2v) is 3.99. The Morgan fingerprint density at radius 2 is 1.95 bits per heavy atom. The number of nitrogens with zero attached hydrogens (tertiary/aromatic N) is 2. The molecule has 0 radical (unpaired) electrons. The van der Waals surface area contributed by atoms with Gasteiger partial charge in [0.15, 0.2) is 0 Å². The van der Waals surface area contributed by atoms with Gasteiger partial charge in [0.1, 0.15) is 28.9 Å². The summed E-state index contributed by atoms with van der Waals surface area (Å²) in [5, 5.41) is 22.8. The van der Waals surface area contributed by atoms with E-state index in [2.05, 4.69) is 5.32 Å². The van der Waals surface area contributed by atoms with Crippen LogP contribution < -0.4 is 10.1 Å². The van der Waals surface area contributed by atoms with Gasteiger partial charge in [-0.25, -0.2) is 4.39 Å². The quantitative estimate of drug-likeness (QED) is 0.687. The number of nitro groups is 1. The minimum absolute atomic E-state index is 0.0750. The van der Waals surface area contributed by atoms with Crippen LogP contribution in [0.15, 0.2) is 36.4 Å². The highest BCUT2D eigenvalue weighted by molar-refractivity contribution is 5.69. The molecule has 0 heterocycles. The van der Waals surface area contributed by atoms with Crippen LogP contribution in [0, 0.1) is 27.3 Å². The van der Waals surface area contributed by atoms with Crippen molar-refractivity contribution in [3.05, 3.63) is 57.9 Å². The Morgan fingerprint density at radius 1 is 1.29 bits per heavy atom. The lowest BCUT2D eigenvalue weighted by Gasteiger charge is -2.10. The number of hydrogen-bond acceptors (Lipinski definition) is 5. The van der Waals surface area contributed by atoms with E-state index in [-0.39, 0.29) is 28.4 Å². The van der Waals surface area contributed by atoms with Crippen LogP contribution >= 0.6 is 0 Å². The summed E-state index contributed by atoms with van der Waals surface area (Å²) in [6, 6.07) is 9.97. The molecule has 2 aromatic carbocycles. The Labute approximate surface area is 119 Å². The van der Waals surface area contributed by atoms with E-state index in [1.54, 1.807) is 12.1 Å². The third-order valence-corrected chi connectivity index (χ3v) is 2.76. The Kier molecular flexibility index (Phi) is 4.00. The highest BCUT2D eigenvalue weighted by atomic mass is 19.1. The van der Waals surface area contributed by atoms with Crippen molar-refractivity contribution in [3.8, 4) is 17.6 Å². The molecular weight excluding hydrogens is 277 g/mol. The number of para-hydroxylation sites is 1. The number of nitrogens with one attached hydrogen (secondary N) is 1. The summed E-state index contributed by atoms with van der Waals surface area (Å²) in [4.78, 5) is 10.6. The molecule has 0 fully saturated rings. The van der Waals surface area contributed by atoms with Gasteiger partial charge in [-0.1, -0.05) is 12.1 Å². The third kappa shape index (κ3) is 2.74. The van der Waals surface area contributed by atoms with Gasteiger partial charge < -0.3 is 10.1 Å². The number of anilines is 1. The molecule has 0 saturated carbocycles. The fourth-order valence-electron chi connectivity index (χ4n) is 1.81. The van der Waals surface area contributed by atoms with Gasteiger partial charge in [-0.15, -0.1) is 0 Å². The molecule has 1 N–H and O–H groups in total. The highest BCUT2D eigenvalue weighted by Crippen LogP contribution is 2.38. The van der Waals surface area contributed by atoms with Gasteiger partial charge in [0.25, 0.3) is 0 Å². The summed E-state index contributed by atoms with van der Waals surface area (Å²) >= 11 is 0. The molecule has 0 aromatic heterocycles. The molecule has 0 aliphatic rings. The van der Waals surface area contributed by atoms with Crippen LogP contribution in [0.4, 0.5) is 15.8 Å². The summed E-state index contributed by atoms with van der Waals surface area (Å²) in [5.41, 5.74) is -0.331. The molecule has 0 unspecified atom stereocenters. The number of halogens is 1. The van der Waals surface area contributed by atoms with Crippen LogP contribution in [0.3, 0.4) is 0 Å². The van der Waals surface area contributed by atoms with E-state index in [1.165, 1.54) is 31.3 Å². The van der Waals surface area contributed by atoms with Crippen LogP contribution in [0.1, 0.15) is 5.56 Å². The fourth-order valence-corrected chi connectivity index (χ4v) is 1.81. The third-order valence-electron chi connectivity index (χ3n) is 2.76. The Balaban J connectivity index is 2.53. The summed E-state index contributed by atoms with van der Waals surface area (Å²) < 4.78 is 18.9. The second-order valence-electron chi connectivity index (χ2n) is 3.99. The fraction of sp³-hybridized carbons (Fsp3) is 0.0714. The largest absolute Gasteiger partial charge is 0.449 e. The molecule has 21 heavy (non-hydrogen) atoms. The number of nitriles is 1. The summed E-state index contributed by atoms with van der Waals surface area (Å²) in [6.07, 6.45) is 0. The van der Waals surface area contributed by atoms with E-state index in [0.717, 1.165) is 6.07 Å². The van der Waals surface area contributed by atoms with E-state index in [0.29, 0.717) is 0 Å². The van der Waals surface area contributed by atoms with Gasteiger partial charge >= 0.3 is 5.69 Å². The molecule has 0 spiro atoms. The van der Waals surface area contributed by atoms with Gasteiger partial charge in [0.05, 0.1) is 4.92 Å². The van der Waals surface area contributed by atoms with E-state index < -0.39 is 10.7 Å². The standard InChI is InChI=1S/C14H10FN3O3/c1-17-11-5-3-7-13(14(11)18(19)20)21-12-6-2-4-10(15)9(12)8-16/h2-7,17H,1H3. The molecule has 7 heteroatoms. The van der Waals surface area contributed by atoms with Crippen molar-refractivity contribution in [2.24, 2.45) is 0 Å². The second kappa shape index (κ2) is 5.88. The lowest BCUT2D eigenvalue weighted by molar-refractivity contribution is -0.384. The lowest BCUT2D eigenvalue weighted by atomic mass is 10.2. The van der Waals surface area contributed by atoms with Crippen LogP contribution in [-0.2, 0) is 0 Å². The number of benzene rings is 2. The van der Waals surface area contributed by atoms with Crippen molar-refractivity contribution in [3.63, 3.8) is 0 Å². The van der Waals surface area contributed by atoms with Gasteiger partial charge in [-0.2, -0.15) is 5.26 Å². The number of nitro benzene ring substituents is 1. The molecule has 0 amide bonds. The molecule has 2 rings (SSSR count). The molecule has 6 nitrogen and oxygen atoms in total. The predicted octanol–water partition coefficient (Wildman–Crippen LogP) is 3.44. The molecule has 0 saturated heterocycles. The predicted molar refractivity (Wildman–Crippen MR) is 73.8 cm³/mol. The first kappa shape index (κ1) is 14.3. The summed E-state index contributed by atoms with van der Waals surface area (Å²) in [6.45, 7) is 0. The number of ether oxygens (including phenoxy) is 1. The average Bonchev–Trinajstić information content (AvgIpc) is 2.47. The van der Waals surface area contributed by atoms with Crippen molar-refractivity contribution in [1.29, 1.82) is 5.26 Å². The molecule has 106 valence electrons. The molecule has 2 aromatic rings. The zero-order valence-electron chi connectivity index (χ0n) is 11.0. The van der Waals surface area contributed by atoms with E-state index >= 15 is 0 Å². The maximum Gasteiger partial charge on any atom is 0.334 e. The molecule has 0 aliphatic heterocycles. The van der Waals surface area contributed by atoms with Crippen molar-refractivity contribution >= 4 is 11.4 Å². The zero-order valence-corrected chi connectivity index (χ0v) is 11.0. The first-order valence-corrected chi connectivity index (χ1v) is 5.90. The Bertz CT molecular complexity index is 741. The molecule has 0 bridgehead atoms. The monoisotopic (exact) mass is 287 g/mol. The molecule has 0 atom stereocenters. The molecular formula is C14H10FN3O3. The van der Waals surface area contributed by atoms with Crippen LogP contribution in [0.2, 0.25) is 0 Å². The van der Waals surface area contributed by atoms with Gasteiger partial charge in [-0.3, -0.25) is 10.1 Å². The molecule has 0 aliphatic carbocycles. The van der Waals surface area contributed by atoms with Crippen LogP contribution in [-0.4, -0.2) is 12.0 Å². The summed E-state index contributed by atoms with van der Waals surface area (Å²) in [7, 11) is 1.54. The lowest BCUT2D eigenvalue weighted by Crippen LogP contribution is -2.00. The van der Waals surface area contributed by atoms with Gasteiger partial charge in [0.2, 0.25) is 5.75 Å². The van der Waals surface area contributed by atoms with Crippen molar-refractivity contribution in [2.45, 2.75) is 0 Å². The zero-order chi connectivity index (χ0) is 15.4. The SMILES string of the molecule is CNc1cccc(Oc2cccc(F)c2C#N)c1[N+](=O)[O-]. The number of hydrogen-bond donors (Lipinski definition) is 1. The van der Waals surface area contributed by atoms with Gasteiger partial charge in [-0.05, 0) is 24.3 Å². The van der Waals surface area contributed by atoms with E-state index in [4.69, 9.17) is 10.00 Å². The topological polar surface area (TPSA) is 88.2 Å². The first-order valence-electron chi connectivity index (χ1n) is 5.90. The number of rotatable bonds is 4. The Morgan fingerprint density at radius 3 is 2.57 bits per heavy atom. The van der Waals surface area contributed by atoms with Crippen LogP contribution in [0.25, 0.3) is 0 Å². The maximum atomic E-state index is 13.5. The van der Waals surface area contributed by atoms with Crippen molar-refractivity contribution < 1.29 is 14.1 Å². The normalized spacial score (nSPS) is 9.76. The van der Waals surface area contributed by atoms with Crippen LogP contribution in [0.5, 0.6) is 11.5 Å². The smallest absolute Gasteiger partial charge is 0.334 e. The minimum atomic E-state index is -0.748. The van der Waals surface area contributed by atoms with Crippen molar-refractivity contribution in [2.75, 3.05) is 12.4 Å². The van der Waals surface area contributed by atoms with E-state index in [9.17, 15) is 14.5 Å².